The lowest BCUT2D eigenvalue weighted by molar-refractivity contribution is -0.183. The number of carbonyl (C=O) groups excluding carboxylic acids is 2. The fourth-order valence-corrected chi connectivity index (χ4v) is 8.07. The fraction of sp³-hybridized carbons (Fsp3) is 0.840. The number of rotatable bonds is 3. The molecule has 0 spiro atoms. The molecular formula is C25H38O5. The minimum Gasteiger partial charge on any atom is -0.465 e. The molecule has 4 aliphatic carbocycles. The molecule has 3 saturated carbocycles. The summed E-state index contributed by atoms with van der Waals surface area (Å²) < 4.78 is 11.6. The third kappa shape index (κ3) is 3.14. The van der Waals surface area contributed by atoms with E-state index >= 15 is 0 Å². The molecule has 5 heteroatoms. The minimum atomic E-state index is -0.407. The van der Waals surface area contributed by atoms with Crippen LogP contribution in [0.4, 0.5) is 0 Å². The Morgan fingerprint density at radius 3 is 2.43 bits per heavy atom. The molecule has 0 aromatic rings. The van der Waals surface area contributed by atoms with E-state index in [-0.39, 0.29) is 28.9 Å². The van der Waals surface area contributed by atoms with Gasteiger partial charge in [0.15, 0.2) is 0 Å². The van der Waals surface area contributed by atoms with Gasteiger partial charge in [0.25, 0.3) is 0 Å². The summed E-state index contributed by atoms with van der Waals surface area (Å²) in [6.07, 6.45) is 8.31. The molecule has 0 aromatic heterocycles. The molecule has 168 valence electrons. The highest BCUT2D eigenvalue weighted by Gasteiger charge is 2.66. The Labute approximate surface area is 180 Å². The summed E-state index contributed by atoms with van der Waals surface area (Å²) in [7, 11) is 0. The van der Waals surface area contributed by atoms with Crippen LogP contribution in [0.5, 0.6) is 0 Å². The van der Waals surface area contributed by atoms with Crippen molar-refractivity contribution in [2.75, 3.05) is 6.61 Å². The zero-order valence-corrected chi connectivity index (χ0v) is 19.2. The number of hydrogen-bond donors (Lipinski definition) is 1. The molecule has 4 aliphatic rings. The van der Waals surface area contributed by atoms with Crippen LogP contribution in [-0.2, 0) is 19.1 Å². The number of hydrogen-bond acceptors (Lipinski definition) is 5. The van der Waals surface area contributed by atoms with Gasteiger partial charge in [-0.15, -0.1) is 0 Å². The van der Waals surface area contributed by atoms with Crippen LogP contribution in [0.25, 0.3) is 0 Å². The van der Waals surface area contributed by atoms with Gasteiger partial charge in [-0.1, -0.05) is 25.5 Å². The van der Waals surface area contributed by atoms with Crippen molar-refractivity contribution in [3.05, 3.63) is 11.6 Å². The normalized spacial score (nSPS) is 47.4. The molecule has 0 amide bonds. The van der Waals surface area contributed by atoms with Crippen LogP contribution in [0.1, 0.15) is 79.6 Å². The quantitative estimate of drug-likeness (QED) is 0.542. The number of fused-ring (bicyclic) bond motifs is 5. The average molecular weight is 419 g/mol. The molecule has 3 fully saturated rings. The number of ether oxygens (including phenoxy) is 2. The van der Waals surface area contributed by atoms with E-state index < -0.39 is 5.60 Å². The number of esters is 2. The molecule has 30 heavy (non-hydrogen) atoms. The lowest BCUT2D eigenvalue weighted by Gasteiger charge is -2.61. The third-order valence-electron chi connectivity index (χ3n) is 9.59. The van der Waals surface area contributed by atoms with E-state index in [2.05, 4.69) is 26.8 Å². The van der Waals surface area contributed by atoms with Crippen molar-refractivity contribution in [2.24, 2.45) is 34.5 Å². The Morgan fingerprint density at radius 1 is 1.07 bits per heavy atom. The van der Waals surface area contributed by atoms with Gasteiger partial charge in [-0.2, -0.15) is 0 Å². The van der Waals surface area contributed by atoms with Crippen molar-refractivity contribution in [1.29, 1.82) is 0 Å². The summed E-state index contributed by atoms with van der Waals surface area (Å²) in [6, 6.07) is 0. The Bertz CT molecular complexity index is 759. The van der Waals surface area contributed by atoms with Gasteiger partial charge >= 0.3 is 11.9 Å². The lowest BCUT2D eigenvalue weighted by Crippen LogP contribution is -2.58. The fourth-order valence-electron chi connectivity index (χ4n) is 8.07. The Morgan fingerprint density at radius 2 is 1.77 bits per heavy atom. The Balaban J connectivity index is 1.72. The molecule has 0 bridgehead atoms. The van der Waals surface area contributed by atoms with Gasteiger partial charge < -0.3 is 14.6 Å². The van der Waals surface area contributed by atoms with Crippen molar-refractivity contribution in [2.45, 2.75) is 91.3 Å². The summed E-state index contributed by atoms with van der Waals surface area (Å²) >= 11 is 0. The second-order valence-corrected chi connectivity index (χ2v) is 11.0. The maximum absolute atomic E-state index is 11.9. The maximum Gasteiger partial charge on any atom is 0.303 e. The molecule has 0 saturated heterocycles. The zero-order chi connectivity index (χ0) is 21.9. The van der Waals surface area contributed by atoms with E-state index in [1.54, 1.807) is 0 Å². The summed E-state index contributed by atoms with van der Waals surface area (Å²) in [4.78, 5) is 23.6. The zero-order valence-electron chi connectivity index (χ0n) is 19.2. The Hall–Kier alpha value is -1.36. The van der Waals surface area contributed by atoms with Gasteiger partial charge in [-0.05, 0) is 75.5 Å². The third-order valence-corrected chi connectivity index (χ3v) is 9.59. The maximum atomic E-state index is 11.9. The van der Waals surface area contributed by atoms with Gasteiger partial charge in [0, 0.05) is 24.7 Å². The van der Waals surface area contributed by atoms with Crippen LogP contribution >= 0.6 is 0 Å². The largest absolute Gasteiger partial charge is 0.465 e. The van der Waals surface area contributed by atoms with Gasteiger partial charge in [0.2, 0.25) is 0 Å². The van der Waals surface area contributed by atoms with Crippen LogP contribution in [0.2, 0.25) is 0 Å². The van der Waals surface area contributed by atoms with Gasteiger partial charge in [0.05, 0.1) is 6.10 Å². The van der Waals surface area contributed by atoms with Crippen LogP contribution in [-0.4, -0.2) is 35.4 Å². The highest BCUT2D eigenvalue weighted by molar-refractivity contribution is 5.67. The SMILES string of the molecule is CC(=O)OC[C@]12CC[C@H](O)C=C1CC(C)[C@@H]1[C@@H]2CC[C@@]2(C)[C@H]1CC[C@]2(C)OC(C)=O. The van der Waals surface area contributed by atoms with Gasteiger partial charge in [-0.25, -0.2) is 0 Å². The standard InChI is InChI=1S/C25H38O5/c1-15-12-18-13-19(28)6-11-25(18,14-29-16(2)26)21-7-9-23(4)20(22(15)21)8-10-24(23,5)30-17(3)27/h13,15,19-22,28H,6-12,14H2,1-5H3/t15?,19-,20-,21-,22-,23-,24-,25+/m0/s1. The van der Waals surface area contributed by atoms with Crippen molar-refractivity contribution in [3.63, 3.8) is 0 Å². The molecule has 1 unspecified atom stereocenters. The molecule has 4 rings (SSSR count). The summed E-state index contributed by atoms with van der Waals surface area (Å²) in [6.45, 7) is 10.3. The number of aliphatic hydroxyl groups excluding tert-OH is 1. The number of carbonyl (C=O) groups is 2. The van der Waals surface area contributed by atoms with E-state index in [1.165, 1.54) is 19.4 Å². The first-order chi connectivity index (χ1) is 14.0. The first-order valence-electron chi connectivity index (χ1n) is 11.7. The van der Waals surface area contributed by atoms with Crippen LogP contribution in [0.3, 0.4) is 0 Å². The second kappa shape index (κ2) is 7.36. The minimum absolute atomic E-state index is 0.0217. The molecule has 0 aromatic carbocycles. The highest BCUT2D eigenvalue weighted by atomic mass is 16.6. The van der Waals surface area contributed by atoms with Crippen LogP contribution < -0.4 is 0 Å². The van der Waals surface area contributed by atoms with E-state index in [4.69, 9.17) is 9.47 Å². The lowest BCUT2D eigenvalue weighted by atomic mass is 9.44. The average Bonchev–Trinajstić information content (AvgIpc) is 2.90. The molecular weight excluding hydrogens is 380 g/mol. The van der Waals surface area contributed by atoms with Crippen molar-refractivity contribution < 1.29 is 24.2 Å². The molecule has 8 atom stereocenters. The first kappa shape index (κ1) is 21.9. The highest BCUT2D eigenvalue weighted by Crippen LogP contribution is 2.69. The molecule has 1 N–H and O–H groups in total. The van der Waals surface area contributed by atoms with Gasteiger partial charge in [-0.3, -0.25) is 9.59 Å². The van der Waals surface area contributed by atoms with E-state index in [0.29, 0.717) is 30.3 Å². The monoisotopic (exact) mass is 418 g/mol. The summed E-state index contributed by atoms with van der Waals surface area (Å²) in [5.41, 5.74) is 0.729. The number of aliphatic hydroxyl groups is 1. The van der Waals surface area contributed by atoms with Crippen molar-refractivity contribution in [1.82, 2.24) is 0 Å². The Kier molecular flexibility index (Phi) is 5.36. The molecule has 0 aliphatic heterocycles. The molecule has 0 radical (unpaired) electrons. The van der Waals surface area contributed by atoms with Crippen molar-refractivity contribution in [3.8, 4) is 0 Å². The van der Waals surface area contributed by atoms with Crippen molar-refractivity contribution >= 4 is 11.9 Å². The molecule has 5 nitrogen and oxygen atoms in total. The molecule has 0 heterocycles. The van der Waals surface area contributed by atoms with Crippen LogP contribution in [0.15, 0.2) is 11.6 Å². The first-order valence-corrected chi connectivity index (χ1v) is 11.7. The summed E-state index contributed by atoms with van der Waals surface area (Å²) in [5.74, 6) is 1.55. The van der Waals surface area contributed by atoms with E-state index in [9.17, 15) is 14.7 Å². The van der Waals surface area contributed by atoms with E-state index in [0.717, 1.165) is 44.9 Å². The van der Waals surface area contributed by atoms with E-state index in [1.807, 2.05) is 0 Å². The second-order valence-electron chi connectivity index (χ2n) is 11.0. The summed E-state index contributed by atoms with van der Waals surface area (Å²) in [5, 5.41) is 10.3. The van der Waals surface area contributed by atoms with Crippen LogP contribution in [0, 0.1) is 34.5 Å². The smallest absolute Gasteiger partial charge is 0.303 e. The predicted molar refractivity (Wildman–Crippen MR) is 113 cm³/mol. The van der Waals surface area contributed by atoms with Gasteiger partial charge in [0.1, 0.15) is 12.2 Å². The predicted octanol–water partition coefficient (Wildman–Crippen LogP) is 4.42. The topological polar surface area (TPSA) is 72.8 Å².